The van der Waals surface area contributed by atoms with Crippen molar-refractivity contribution in [3.63, 3.8) is 0 Å². The summed E-state index contributed by atoms with van der Waals surface area (Å²) in [6.45, 7) is 6.14. The Morgan fingerprint density at radius 2 is 1.89 bits per heavy atom. The van der Waals surface area contributed by atoms with Gasteiger partial charge in [0.25, 0.3) is 0 Å². The fourth-order valence-corrected chi connectivity index (χ4v) is 4.17. The van der Waals surface area contributed by atoms with Crippen LogP contribution in [0.15, 0.2) is 40.4 Å². The molecule has 0 saturated carbocycles. The smallest absolute Gasteiger partial charge is 0.242 e. The van der Waals surface area contributed by atoms with Gasteiger partial charge in [-0.2, -0.15) is 0 Å². The molecule has 0 bridgehead atoms. The predicted molar refractivity (Wildman–Crippen MR) is 115 cm³/mol. The Morgan fingerprint density at radius 3 is 2.46 bits per heavy atom. The van der Waals surface area contributed by atoms with Crippen LogP contribution in [0, 0.1) is 0 Å². The van der Waals surface area contributed by atoms with E-state index in [0.717, 1.165) is 42.5 Å². The molecule has 154 valence electrons. The van der Waals surface area contributed by atoms with Gasteiger partial charge in [-0.15, -0.1) is 11.3 Å². The summed E-state index contributed by atoms with van der Waals surface area (Å²) in [5.74, 6) is 0.736. The first-order chi connectivity index (χ1) is 13.4. The molecule has 1 aromatic carbocycles. The number of guanidine groups is 1. The number of rotatable bonds is 9. The van der Waals surface area contributed by atoms with Crippen molar-refractivity contribution in [1.29, 1.82) is 0 Å². The van der Waals surface area contributed by atoms with E-state index < -0.39 is 10.0 Å². The monoisotopic (exact) mass is 423 g/mol. The quantitative estimate of drug-likeness (QED) is 0.477. The Labute approximate surface area is 172 Å². The van der Waals surface area contributed by atoms with Crippen LogP contribution >= 0.6 is 11.3 Å². The lowest BCUT2D eigenvalue weighted by Gasteiger charge is -2.12. The Balaban J connectivity index is 1.94. The Kier molecular flexibility index (Phi) is 8.40. The van der Waals surface area contributed by atoms with E-state index in [9.17, 15) is 8.42 Å². The molecule has 0 radical (unpaired) electrons. The number of hydrogen-bond donors (Lipinski definition) is 2. The van der Waals surface area contributed by atoms with Crippen LogP contribution in [0.4, 0.5) is 0 Å². The van der Waals surface area contributed by atoms with Crippen LogP contribution in [0.5, 0.6) is 0 Å². The minimum atomic E-state index is -3.40. The van der Waals surface area contributed by atoms with Crippen LogP contribution in [-0.4, -0.2) is 50.9 Å². The van der Waals surface area contributed by atoms with Crippen LogP contribution in [0.3, 0.4) is 0 Å². The van der Waals surface area contributed by atoms with Gasteiger partial charge in [0.2, 0.25) is 10.0 Å². The van der Waals surface area contributed by atoms with Crippen molar-refractivity contribution in [1.82, 2.24) is 19.9 Å². The lowest BCUT2D eigenvalue weighted by Crippen LogP contribution is -2.38. The molecule has 0 spiro atoms. The normalized spacial score (nSPS) is 12.4. The van der Waals surface area contributed by atoms with Crippen LogP contribution in [-0.2, 0) is 29.4 Å². The van der Waals surface area contributed by atoms with Gasteiger partial charge in [-0.25, -0.2) is 22.7 Å². The maximum absolute atomic E-state index is 12.1. The summed E-state index contributed by atoms with van der Waals surface area (Å²) in [5.41, 5.74) is 0.947. The summed E-state index contributed by atoms with van der Waals surface area (Å²) < 4.78 is 25.5. The maximum Gasteiger partial charge on any atom is 0.242 e. The molecule has 0 aliphatic rings. The van der Waals surface area contributed by atoms with E-state index >= 15 is 0 Å². The number of sulfonamides is 1. The molecule has 0 aliphatic heterocycles. The van der Waals surface area contributed by atoms with Crippen molar-refractivity contribution in [2.24, 2.45) is 4.99 Å². The van der Waals surface area contributed by atoms with E-state index in [1.807, 2.05) is 13.1 Å². The lowest BCUT2D eigenvalue weighted by atomic mass is 10.2. The van der Waals surface area contributed by atoms with Crippen LogP contribution in [0.2, 0.25) is 0 Å². The van der Waals surface area contributed by atoms with E-state index in [-0.39, 0.29) is 4.90 Å². The van der Waals surface area contributed by atoms with Gasteiger partial charge in [0.1, 0.15) is 0 Å². The molecule has 1 heterocycles. The maximum atomic E-state index is 12.1. The number of thiazole rings is 1. The number of hydrogen-bond acceptors (Lipinski definition) is 5. The van der Waals surface area contributed by atoms with Crippen molar-refractivity contribution in [2.75, 3.05) is 27.2 Å². The molecule has 0 unspecified atom stereocenters. The second kappa shape index (κ2) is 10.5. The van der Waals surface area contributed by atoms with Crippen LogP contribution in [0.25, 0.3) is 0 Å². The second-order valence-electron chi connectivity index (χ2n) is 6.38. The number of aliphatic imine (C=N–C) groups is 1. The van der Waals surface area contributed by atoms with Crippen molar-refractivity contribution >= 4 is 27.3 Å². The molecule has 0 amide bonds. The van der Waals surface area contributed by atoms with Crippen LogP contribution < -0.4 is 10.6 Å². The first-order valence-electron chi connectivity index (χ1n) is 9.34. The van der Waals surface area contributed by atoms with E-state index in [1.54, 1.807) is 35.6 Å². The van der Waals surface area contributed by atoms with Gasteiger partial charge in [0.15, 0.2) is 5.96 Å². The summed E-state index contributed by atoms with van der Waals surface area (Å²) in [6.07, 6.45) is 3.81. The third kappa shape index (κ3) is 6.29. The average Bonchev–Trinajstić information content (AvgIpc) is 3.14. The van der Waals surface area contributed by atoms with Gasteiger partial charge >= 0.3 is 0 Å². The highest BCUT2D eigenvalue weighted by atomic mass is 32.2. The molecule has 1 aromatic heterocycles. The minimum Gasteiger partial charge on any atom is -0.357 e. The molecular formula is C19H29N5O2S2. The predicted octanol–water partition coefficient (Wildman–Crippen LogP) is 2.25. The number of nitrogens with one attached hydrogen (secondary N) is 2. The van der Waals surface area contributed by atoms with Gasteiger partial charge in [-0.3, -0.25) is 0 Å². The highest BCUT2D eigenvalue weighted by Crippen LogP contribution is 2.15. The highest BCUT2D eigenvalue weighted by Gasteiger charge is 2.16. The zero-order valence-electron chi connectivity index (χ0n) is 16.9. The van der Waals surface area contributed by atoms with Crippen molar-refractivity contribution in [2.45, 2.75) is 38.1 Å². The highest BCUT2D eigenvalue weighted by molar-refractivity contribution is 7.89. The van der Waals surface area contributed by atoms with Crippen LogP contribution in [0.1, 0.15) is 29.3 Å². The summed E-state index contributed by atoms with van der Waals surface area (Å²) in [6, 6.07) is 6.83. The Bertz CT molecular complexity index is 874. The molecule has 7 nitrogen and oxygen atoms in total. The standard InChI is InChI=1S/C19H29N5O2S2/c1-5-16-14-22-18(27-16)11-12-21-19(20-6-2)23-13-15-7-9-17(10-8-15)28(25,26)24(3)4/h7-10,14H,5-6,11-13H2,1-4H3,(H2,20,21,23). The van der Waals surface area contributed by atoms with E-state index in [1.165, 1.54) is 23.3 Å². The molecule has 0 saturated heterocycles. The molecule has 0 aliphatic carbocycles. The first kappa shape index (κ1) is 22.3. The minimum absolute atomic E-state index is 0.283. The number of nitrogens with zero attached hydrogens (tertiary/aromatic N) is 3. The summed E-state index contributed by atoms with van der Waals surface area (Å²) in [4.78, 5) is 10.6. The molecule has 2 aromatic rings. The number of benzene rings is 1. The Morgan fingerprint density at radius 1 is 1.18 bits per heavy atom. The van der Waals surface area contributed by atoms with Crippen molar-refractivity contribution in [3.8, 4) is 0 Å². The largest absolute Gasteiger partial charge is 0.357 e. The van der Waals surface area contributed by atoms with E-state index in [2.05, 4.69) is 27.5 Å². The fourth-order valence-electron chi connectivity index (χ4n) is 2.40. The topological polar surface area (TPSA) is 86.7 Å². The molecule has 28 heavy (non-hydrogen) atoms. The second-order valence-corrected chi connectivity index (χ2v) is 9.73. The number of aryl methyl sites for hydroxylation is 1. The molecule has 0 atom stereocenters. The summed E-state index contributed by atoms with van der Waals surface area (Å²) in [7, 11) is -0.355. The van der Waals surface area contributed by atoms with Gasteiger partial charge in [0.05, 0.1) is 16.4 Å². The molecule has 2 N–H and O–H groups in total. The lowest BCUT2D eigenvalue weighted by molar-refractivity contribution is 0.520. The van der Waals surface area contributed by atoms with Crippen molar-refractivity contribution < 1.29 is 8.42 Å². The van der Waals surface area contributed by atoms with E-state index in [0.29, 0.717) is 6.54 Å². The SMILES string of the molecule is CCNC(=NCc1ccc(S(=O)(=O)N(C)C)cc1)NCCc1ncc(CC)s1. The first-order valence-corrected chi connectivity index (χ1v) is 11.6. The molecule has 0 fully saturated rings. The zero-order valence-corrected chi connectivity index (χ0v) is 18.5. The van der Waals surface area contributed by atoms with E-state index in [4.69, 9.17) is 0 Å². The Hall–Kier alpha value is -1.97. The number of aromatic nitrogens is 1. The molecular weight excluding hydrogens is 394 g/mol. The molecule has 9 heteroatoms. The third-order valence-corrected chi connectivity index (χ3v) is 7.08. The molecule has 2 rings (SSSR count). The van der Waals surface area contributed by atoms with Gasteiger partial charge < -0.3 is 10.6 Å². The zero-order chi connectivity index (χ0) is 20.6. The fraction of sp³-hybridized carbons (Fsp3) is 0.474. The van der Waals surface area contributed by atoms with Gasteiger partial charge in [-0.05, 0) is 31.0 Å². The third-order valence-electron chi connectivity index (χ3n) is 4.05. The average molecular weight is 424 g/mol. The van der Waals surface area contributed by atoms with Gasteiger partial charge in [0, 0.05) is 44.7 Å². The van der Waals surface area contributed by atoms with Crippen molar-refractivity contribution in [3.05, 3.63) is 45.9 Å². The van der Waals surface area contributed by atoms with Gasteiger partial charge in [-0.1, -0.05) is 19.1 Å². The summed E-state index contributed by atoms with van der Waals surface area (Å²) >= 11 is 1.75. The summed E-state index contributed by atoms with van der Waals surface area (Å²) in [5, 5.41) is 7.67.